The van der Waals surface area contributed by atoms with Crippen molar-refractivity contribution in [1.29, 1.82) is 0 Å². The minimum Gasteiger partial charge on any atom is -0.490 e. The summed E-state index contributed by atoms with van der Waals surface area (Å²) in [5.74, 6) is 0.986. The number of nitro benzene ring substituents is 1. The molecule has 1 aliphatic heterocycles. The highest BCUT2D eigenvalue weighted by Gasteiger charge is 2.24. The van der Waals surface area contributed by atoms with E-state index in [2.05, 4.69) is 5.32 Å². The fourth-order valence-corrected chi connectivity index (χ4v) is 4.80. The van der Waals surface area contributed by atoms with Crippen LogP contribution >= 0.6 is 23.4 Å². The highest BCUT2D eigenvalue weighted by molar-refractivity contribution is 7.99. The number of nitro groups is 1. The molecule has 1 N–H and O–H groups in total. The second-order valence-electron chi connectivity index (χ2n) is 8.45. The largest absolute Gasteiger partial charge is 0.490 e. The van der Waals surface area contributed by atoms with Crippen molar-refractivity contribution >= 4 is 35.0 Å². The van der Waals surface area contributed by atoms with Crippen LogP contribution < -0.4 is 14.8 Å². The van der Waals surface area contributed by atoms with Gasteiger partial charge in [0.05, 0.1) is 29.7 Å². The number of hydrogen-bond donors (Lipinski definition) is 1. The molecule has 0 aliphatic carbocycles. The van der Waals surface area contributed by atoms with E-state index in [1.807, 2.05) is 44.2 Å². The molecule has 1 aliphatic rings. The van der Waals surface area contributed by atoms with Crippen molar-refractivity contribution in [3.05, 3.63) is 86.9 Å². The highest BCUT2D eigenvalue weighted by Crippen LogP contribution is 2.36. The number of fused-ring (bicyclic) bond motifs is 1. The van der Waals surface area contributed by atoms with Gasteiger partial charge in [-0.2, -0.15) is 0 Å². The number of ether oxygens (including phenoxy) is 2. The Bertz CT molecular complexity index is 1230. The van der Waals surface area contributed by atoms with Gasteiger partial charge in [-0.25, -0.2) is 0 Å². The van der Waals surface area contributed by atoms with Crippen LogP contribution in [0, 0.1) is 16.0 Å². The molecule has 0 bridgehead atoms. The van der Waals surface area contributed by atoms with Crippen molar-refractivity contribution in [3.63, 3.8) is 0 Å². The predicted octanol–water partition coefficient (Wildman–Crippen LogP) is 6.69. The topological polar surface area (TPSA) is 90.7 Å². The van der Waals surface area contributed by atoms with Crippen LogP contribution in [0.4, 0.5) is 5.69 Å². The van der Waals surface area contributed by atoms with Gasteiger partial charge in [0.1, 0.15) is 0 Å². The van der Waals surface area contributed by atoms with Crippen LogP contribution in [0.3, 0.4) is 0 Å². The summed E-state index contributed by atoms with van der Waals surface area (Å²) < 4.78 is 11.5. The Kier molecular flexibility index (Phi) is 7.83. The van der Waals surface area contributed by atoms with E-state index in [4.69, 9.17) is 21.1 Å². The number of hydrogen-bond acceptors (Lipinski definition) is 6. The Morgan fingerprint density at radius 3 is 2.43 bits per heavy atom. The first kappa shape index (κ1) is 24.9. The minimum atomic E-state index is -0.503. The standard InChI is InChI=1S/C26H25ClN2O5S/c1-16(2)25(17-4-10-22-23(14-17)34-13-3-12-33-22)28-26(30)21-15-19(29(31)32)7-11-24(21)35-20-8-5-18(27)6-9-20/h4-11,14-16,25H,3,12-13H2,1-2H3,(H,28,30). The third-order valence-electron chi connectivity index (χ3n) is 5.54. The van der Waals surface area contributed by atoms with Crippen LogP contribution in [-0.4, -0.2) is 24.0 Å². The maximum atomic E-state index is 13.5. The smallest absolute Gasteiger partial charge is 0.270 e. The number of halogens is 1. The number of nitrogens with zero attached hydrogens (tertiary/aromatic N) is 1. The number of carbonyl (C=O) groups is 1. The third-order valence-corrected chi connectivity index (χ3v) is 6.88. The van der Waals surface area contributed by atoms with Gasteiger partial charge >= 0.3 is 0 Å². The molecule has 0 saturated heterocycles. The molecule has 1 heterocycles. The zero-order valence-corrected chi connectivity index (χ0v) is 20.9. The molecule has 0 aromatic heterocycles. The number of amides is 1. The maximum Gasteiger partial charge on any atom is 0.270 e. The van der Waals surface area contributed by atoms with Crippen molar-refractivity contribution < 1.29 is 19.2 Å². The van der Waals surface area contributed by atoms with Crippen LogP contribution in [-0.2, 0) is 0 Å². The van der Waals surface area contributed by atoms with Crippen LogP contribution in [0.2, 0.25) is 5.02 Å². The van der Waals surface area contributed by atoms with Gasteiger partial charge in [0, 0.05) is 33.4 Å². The van der Waals surface area contributed by atoms with Gasteiger partial charge in [-0.3, -0.25) is 14.9 Å². The van der Waals surface area contributed by atoms with Gasteiger partial charge in [-0.15, -0.1) is 0 Å². The second kappa shape index (κ2) is 11.0. The first-order valence-electron chi connectivity index (χ1n) is 11.2. The molecule has 0 saturated carbocycles. The lowest BCUT2D eigenvalue weighted by Crippen LogP contribution is -2.32. The van der Waals surface area contributed by atoms with Crippen LogP contribution in [0.15, 0.2) is 70.5 Å². The number of rotatable bonds is 7. The SMILES string of the molecule is CC(C)C(NC(=O)c1cc([N+](=O)[O-])ccc1Sc1ccc(Cl)cc1)c1ccc2c(c1)OCCCO2. The van der Waals surface area contributed by atoms with E-state index in [1.54, 1.807) is 18.2 Å². The molecular weight excluding hydrogens is 488 g/mol. The Morgan fingerprint density at radius 2 is 1.74 bits per heavy atom. The first-order chi connectivity index (χ1) is 16.8. The molecule has 1 amide bonds. The number of nitrogens with one attached hydrogen (secondary N) is 1. The third kappa shape index (κ3) is 6.07. The van der Waals surface area contributed by atoms with Crippen molar-refractivity contribution in [2.24, 2.45) is 5.92 Å². The summed E-state index contributed by atoms with van der Waals surface area (Å²) in [7, 11) is 0. The summed E-state index contributed by atoms with van der Waals surface area (Å²) in [6.07, 6.45) is 0.801. The van der Waals surface area contributed by atoms with E-state index >= 15 is 0 Å². The van der Waals surface area contributed by atoms with Crippen molar-refractivity contribution in [2.75, 3.05) is 13.2 Å². The molecule has 3 aromatic carbocycles. The van der Waals surface area contributed by atoms with Gasteiger partial charge in [0.15, 0.2) is 11.5 Å². The van der Waals surface area contributed by atoms with Gasteiger partial charge in [-0.05, 0) is 53.9 Å². The minimum absolute atomic E-state index is 0.0507. The first-order valence-corrected chi connectivity index (χ1v) is 12.4. The fraction of sp³-hybridized carbons (Fsp3) is 0.269. The van der Waals surface area contributed by atoms with E-state index in [0.717, 1.165) is 16.9 Å². The summed E-state index contributed by atoms with van der Waals surface area (Å²) in [4.78, 5) is 25.9. The Morgan fingerprint density at radius 1 is 1.03 bits per heavy atom. The lowest BCUT2D eigenvalue weighted by molar-refractivity contribution is -0.384. The predicted molar refractivity (Wildman–Crippen MR) is 136 cm³/mol. The summed E-state index contributed by atoms with van der Waals surface area (Å²) in [5, 5.41) is 15.1. The number of benzene rings is 3. The maximum absolute atomic E-state index is 13.5. The second-order valence-corrected chi connectivity index (χ2v) is 10.00. The quantitative estimate of drug-likeness (QED) is 0.280. The van der Waals surface area contributed by atoms with E-state index in [9.17, 15) is 14.9 Å². The summed E-state index contributed by atoms with van der Waals surface area (Å²) in [6, 6.07) is 16.8. The normalized spacial score (nSPS) is 13.7. The lowest BCUT2D eigenvalue weighted by atomic mass is 9.95. The lowest BCUT2D eigenvalue weighted by Gasteiger charge is -2.24. The van der Waals surface area contributed by atoms with Crippen LogP contribution in [0.25, 0.3) is 0 Å². The van der Waals surface area contributed by atoms with Gasteiger partial charge in [0.2, 0.25) is 0 Å². The monoisotopic (exact) mass is 512 g/mol. The van der Waals surface area contributed by atoms with E-state index < -0.39 is 10.8 Å². The zero-order chi connectivity index (χ0) is 24.9. The molecule has 9 heteroatoms. The van der Waals surface area contributed by atoms with Crippen molar-refractivity contribution in [1.82, 2.24) is 5.32 Å². The molecule has 35 heavy (non-hydrogen) atoms. The fourth-order valence-electron chi connectivity index (χ4n) is 3.75. The average molecular weight is 513 g/mol. The highest BCUT2D eigenvalue weighted by atomic mass is 35.5. The van der Waals surface area contributed by atoms with Crippen molar-refractivity contribution in [2.45, 2.75) is 36.1 Å². The van der Waals surface area contributed by atoms with Crippen molar-refractivity contribution in [3.8, 4) is 11.5 Å². The van der Waals surface area contributed by atoms with E-state index in [0.29, 0.717) is 34.6 Å². The molecule has 1 atom stereocenters. The van der Waals surface area contributed by atoms with Crippen LogP contribution in [0.1, 0.15) is 42.2 Å². The average Bonchev–Trinajstić information content (AvgIpc) is 3.08. The van der Waals surface area contributed by atoms with E-state index in [-0.39, 0.29) is 23.2 Å². The molecule has 7 nitrogen and oxygen atoms in total. The molecule has 0 radical (unpaired) electrons. The Balaban J connectivity index is 1.64. The summed E-state index contributed by atoms with van der Waals surface area (Å²) in [6.45, 7) is 5.17. The van der Waals surface area contributed by atoms with E-state index in [1.165, 1.54) is 23.9 Å². The molecular formula is C26H25ClN2O5S. The molecule has 0 fully saturated rings. The summed E-state index contributed by atoms with van der Waals surface area (Å²) >= 11 is 7.33. The molecule has 4 rings (SSSR count). The van der Waals surface area contributed by atoms with Crippen LogP contribution in [0.5, 0.6) is 11.5 Å². The van der Waals surface area contributed by atoms with Gasteiger partial charge < -0.3 is 14.8 Å². The Labute approximate surface area is 212 Å². The van der Waals surface area contributed by atoms with Gasteiger partial charge in [0.25, 0.3) is 11.6 Å². The molecule has 3 aromatic rings. The number of non-ortho nitro benzene ring substituents is 1. The molecule has 182 valence electrons. The molecule has 0 spiro atoms. The molecule has 1 unspecified atom stereocenters. The van der Waals surface area contributed by atoms with Gasteiger partial charge in [-0.1, -0.05) is 43.3 Å². The Hall–Kier alpha value is -3.23. The summed E-state index contributed by atoms with van der Waals surface area (Å²) in [5.41, 5.74) is 0.960. The number of carbonyl (C=O) groups excluding carboxylic acids is 1. The zero-order valence-electron chi connectivity index (χ0n) is 19.3.